The second kappa shape index (κ2) is 4.84. The van der Waals surface area contributed by atoms with Gasteiger partial charge in [-0.2, -0.15) is 13.2 Å². The molecule has 0 aliphatic carbocycles. The van der Waals surface area contributed by atoms with Gasteiger partial charge in [0.15, 0.2) is 5.82 Å². The molecule has 2 aromatic rings. The zero-order valence-electron chi connectivity index (χ0n) is 9.87. The van der Waals surface area contributed by atoms with E-state index in [0.717, 1.165) is 12.1 Å². The summed E-state index contributed by atoms with van der Waals surface area (Å²) in [7, 11) is 0. The number of rotatable bonds is 2. The maximum absolute atomic E-state index is 12.8. The molecule has 8 heteroatoms. The molecule has 0 saturated carbocycles. The quantitative estimate of drug-likeness (QED) is 0.917. The van der Waals surface area contributed by atoms with E-state index in [1.165, 1.54) is 10.7 Å². The molecule has 0 radical (unpaired) electrons. The molecular formula is C11H10BrF3N4. The summed E-state index contributed by atoms with van der Waals surface area (Å²) < 4.78 is 39.9. The summed E-state index contributed by atoms with van der Waals surface area (Å²) in [4.78, 5) is 0. The van der Waals surface area contributed by atoms with Crippen LogP contribution >= 0.6 is 15.9 Å². The van der Waals surface area contributed by atoms with Crippen LogP contribution in [0.5, 0.6) is 0 Å². The predicted molar refractivity (Wildman–Crippen MR) is 67.9 cm³/mol. The van der Waals surface area contributed by atoms with Gasteiger partial charge in [-0.25, -0.2) is 4.68 Å². The van der Waals surface area contributed by atoms with Crippen LogP contribution in [0.25, 0.3) is 5.69 Å². The lowest BCUT2D eigenvalue weighted by atomic mass is 10.2. The minimum absolute atomic E-state index is 0.219. The van der Waals surface area contributed by atoms with E-state index in [9.17, 15) is 13.2 Å². The molecule has 0 atom stereocenters. The number of alkyl halides is 3. The van der Waals surface area contributed by atoms with Crippen LogP contribution in [0.3, 0.4) is 0 Å². The third-order valence-corrected chi connectivity index (χ3v) is 3.04. The Morgan fingerprint density at radius 2 is 2.00 bits per heavy atom. The molecule has 4 nitrogen and oxygen atoms in total. The van der Waals surface area contributed by atoms with E-state index in [-0.39, 0.29) is 11.5 Å². The number of aromatic nitrogens is 3. The highest BCUT2D eigenvalue weighted by atomic mass is 79.9. The average molecular weight is 335 g/mol. The standard InChI is InChI=1S/C11H10BrF3N4/c1-2-9-10(16)17-18-19(9)8-4-6(11(13,14)15)3-7(12)5-8/h3-5H,2,16H2,1H3. The van der Waals surface area contributed by atoms with Crippen molar-refractivity contribution >= 4 is 21.7 Å². The van der Waals surface area contributed by atoms with Gasteiger partial charge < -0.3 is 5.73 Å². The van der Waals surface area contributed by atoms with Gasteiger partial charge in [-0.1, -0.05) is 28.1 Å². The minimum atomic E-state index is -4.42. The van der Waals surface area contributed by atoms with Gasteiger partial charge in [0.2, 0.25) is 0 Å². The summed E-state index contributed by atoms with van der Waals surface area (Å²) >= 11 is 3.06. The normalized spacial score (nSPS) is 11.8. The molecule has 0 aliphatic rings. The average Bonchev–Trinajstić information content (AvgIpc) is 2.68. The molecule has 0 fully saturated rings. The highest BCUT2D eigenvalue weighted by Crippen LogP contribution is 2.33. The Morgan fingerprint density at radius 3 is 2.58 bits per heavy atom. The Labute approximate surface area is 115 Å². The van der Waals surface area contributed by atoms with Crippen molar-refractivity contribution in [1.29, 1.82) is 0 Å². The van der Waals surface area contributed by atoms with E-state index in [4.69, 9.17) is 5.73 Å². The van der Waals surface area contributed by atoms with Crippen LogP contribution in [0.4, 0.5) is 19.0 Å². The van der Waals surface area contributed by atoms with Crippen molar-refractivity contribution in [1.82, 2.24) is 15.0 Å². The minimum Gasteiger partial charge on any atom is -0.381 e. The van der Waals surface area contributed by atoms with E-state index in [1.54, 1.807) is 0 Å². The van der Waals surface area contributed by atoms with Gasteiger partial charge in [0, 0.05) is 4.47 Å². The number of nitrogens with two attached hydrogens (primary N) is 1. The first-order valence-electron chi connectivity index (χ1n) is 5.41. The molecule has 0 saturated heterocycles. The lowest BCUT2D eigenvalue weighted by Crippen LogP contribution is -2.08. The fraction of sp³-hybridized carbons (Fsp3) is 0.273. The number of nitrogens with zero attached hydrogens (tertiary/aromatic N) is 3. The van der Waals surface area contributed by atoms with Crippen LogP contribution in [-0.2, 0) is 12.6 Å². The SMILES string of the molecule is CCc1c(N)nnn1-c1cc(Br)cc(C(F)(F)F)c1. The lowest BCUT2D eigenvalue weighted by Gasteiger charge is -2.11. The van der Waals surface area contributed by atoms with Crippen molar-refractivity contribution in [3.63, 3.8) is 0 Å². The topological polar surface area (TPSA) is 56.7 Å². The summed E-state index contributed by atoms with van der Waals surface area (Å²) in [6, 6.07) is 3.55. The molecule has 2 N–H and O–H groups in total. The van der Waals surface area contributed by atoms with Gasteiger partial charge in [0.25, 0.3) is 0 Å². The van der Waals surface area contributed by atoms with Crippen LogP contribution in [0, 0.1) is 0 Å². The van der Waals surface area contributed by atoms with Gasteiger partial charge in [-0.3, -0.25) is 0 Å². The molecule has 0 unspecified atom stereocenters. The van der Waals surface area contributed by atoms with Crippen molar-refractivity contribution in [2.75, 3.05) is 5.73 Å². The van der Waals surface area contributed by atoms with Crippen LogP contribution < -0.4 is 5.73 Å². The monoisotopic (exact) mass is 334 g/mol. The third kappa shape index (κ3) is 2.73. The molecule has 2 rings (SSSR count). The van der Waals surface area contributed by atoms with E-state index >= 15 is 0 Å². The molecule has 19 heavy (non-hydrogen) atoms. The Bertz CT molecular complexity index is 606. The van der Waals surface area contributed by atoms with E-state index in [0.29, 0.717) is 16.6 Å². The summed E-state index contributed by atoms with van der Waals surface area (Å²) in [6.45, 7) is 1.83. The number of anilines is 1. The van der Waals surface area contributed by atoms with Crippen molar-refractivity contribution in [2.45, 2.75) is 19.5 Å². The van der Waals surface area contributed by atoms with Gasteiger partial charge in [-0.05, 0) is 24.6 Å². The Balaban J connectivity index is 2.59. The first-order valence-corrected chi connectivity index (χ1v) is 6.20. The fourth-order valence-electron chi connectivity index (χ4n) is 1.71. The van der Waals surface area contributed by atoms with Crippen molar-refractivity contribution in [3.05, 3.63) is 33.9 Å². The summed E-state index contributed by atoms with van der Waals surface area (Å²) in [5.41, 5.74) is 5.71. The van der Waals surface area contributed by atoms with Gasteiger partial charge in [0.1, 0.15) is 0 Å². The zero-order chi connectivity index (χ0) is 14.2. The number of hydrogen-bond donors (Lipinski definition) is 1. The van der Waals surface area contributed by atoms with Gasteiger partial charge >= 0.3 is 6.18 Å². The molecule has 0 spiro atoms. The molecular weight excluding hydrogens is 325 g/mol. The summed E-state index contributed by atoms with van der Waals surface area (Å²) in [5, 5.41) is 7.45. The maximum atomic E-state index is 12.8. The van der Waals surface area contributed by atoms with Crippen molar-refractivity contribution in [2.24, 2.45) is 0 Å². The van der Waals surface area contributed by atoms with Crippen LogP contribution in [0.2, 0.25) is 0 Å². The first kappa shape index (κ1) is 13.9. The summed E-state index contributed by atoms with van der Waals surface area (Å²) in [6.07, 6.45) is -3.90. The largest absolute Gasteiger partial charge is 0.416 e. The van der Waals surface area contributed by atoms with Gasteiger partial charge in [0.05, 0.1) is 16.9 Å². The zero-order valence-corrected chi connectivity index (χ0v) is 11.5. The highest BCUT2D eigenvalue weighted by molar-refractivity contribution is 9.10. The third-order valence-electron chi connectivity index (χ3n) is 2.58. The molecule has 1 aromatic carbocycles. The fourth-order valence-corrected chi connectivity index (χ4v) is 2.19. The van der Waals surface area contributed by atoms with Crippen LogP contribution in [0.15, 0.2) is 22.7 Å². The number of hydrogen-bond acceptors (Lipinski definition) is 3. The lowest BCUT2D eigenvalue weighted by molar-refractivity contribution is -0.137. The van der Waals surface area contributed by atoms with E-state index in [1.807, 2.05) is 6.92 Å². The second-order valence-corrected chi connectivity index (χ2v) is 4.80. The van der Waals surface area contributed by atoms with E-state index in [2.05, 4.69) is 26.2 Å². The van der Waals surface area contributed by atoms with Gasteiger partial charge in [-0.15, -0.1) is 5.10 Å². The molecule has 1 heterocycles. The van der Waals surface area contributed by atoms with Crippen LogP contribution in [-0.4, -0.2) is 15.0 Å². The number of benzene rings is 1. The molecule has 0 aliphatic heterocycles. The number of halogens is 4. The van der Waals surface area contributed by atoms with Crippen LogP contribution in [0.1, 0.15) is 18.2 Å². The highest BCUT2D eigenvalue weighted by Gasteiger charge is 2.31. The Kier molecular flexibility index (Phi) is 3.53. The molecule has 1 aromatic heterocycles. The molecule has 0 bridgehead atoms. The first-order chi connectivity index (χ1) is 8.82. The predicted octanol–water partition coefficient (Wildman–Crippen LogP) is 3.19. The van der Waals surface area contributed by atoms with Crippen molar-refractivity contribution in [3.8, 4) is 5.69 Å². The maximum Gasteiger partial charge on any atom is 0.416 e. The molecule has 102 valence electrons. The molecule has 0 amide bonds. The van der Waals surface area contributed by atoms with Crippen molar-refractivity contribution < 1.29 is 13.2 Å². The Morgan fingerprint density at radius 1 is 1.32 bits per heavy atom. The smallest absolute Gasteiger partial charge is 0.381 e. The number of nitrogen functional groups attached to an aromatic ring is 1. The Hall–Kier alpha value is -1.57. The second-order valence-electron chi connectivity index (χ2n) is 3.88. The van der Waals surface area contributed by atoms with E-state index < -0.39 is 11.7 Å². The summed E-state index contributed by atoms with van der Waals surface area (Å²) in [5.74, 6) is 0.219.